The molecule has 7 heteroatoms. The molecule has 0 radical (unpaired) electrons. The lowest BCUT2D eigenvalue weighted by Crippen LogP contribution is -2.29. The second kappa shape index (κ2) is 8.30. The number of methoxy groups -OCH3 is 2. The molecule has 5 rings (SSSR count). The maximum Gasteiger partial charge on any atom is 0.291 e. The smallest absolute Gasteiger partial charge is 0.291 e. The molecule has 1 aliphatic rings. The summed E-state index contributed by atoms with van der Waals surface area (Å²) in [6.07, 6.45) is 0. The predicted octanol–water partition coefficient (Wildman–Crippen LogP) is 5.21. The van der Waals surface area contributed by atoms with E-state index in [1.54, 1.807) is 55.5 Å². The normalized spacial score (nSPS) is 15.1. The molecule has 6 nitrogen and oxygen atoms in total. The first kappa shape index (κ1) is 21.1. The Morgan fingerprint density at radius 3 is 2.48 bits per heavy atom. The van der Waals surface area contributed by atoms with E-state index in [4.69, 9.17) is 25.5 Å². The number of hydrogen-bond acceptors (Lipinski definition) is 5. The second-order valence-electron chi connectivity index (χ2n) is 7.74. The highest BCUT2D eigenvalue weighted by Gasteiger charge is 2.44. The number of hydrogen-bond donors (Lipinski definition) is 0. The minimum absolute atomic E-state index is 0.0284. The van der Waals surface area contributed by atoms with Crippen LogP contribution in [0, 0.1) is 0 Å². The number of rotatable bonds is 5. The minimum atomic E-state index is -0.725. The zero-order chi connectivity index (χ0) is 23.1. The molecule has 0 saturated heterocycles. The van der Waals surface area contributed by atoms with E-state index in [0.717, 1.165) is 5.56 Å². The topological polar surface area (TPSA) is 69.0 Å². The van der Waals surface area contributed by atoms with Crippen LogP contribution in [0.2, 0.25) is 5.02 Å². The molecule has 166 valence electrons. The van der Waals surface area contributed by atoms with Gasteiger partial charge < -0.3 is 18.8 Å². The molecule has 0 bridgehead atoms. The van der Waals surface area contributed by atoms with Crippen LogP contribution in [0.5, 0.6) is 11.5 Å². The summed E-state index contributed by atoms with van der Waals surface area (Å²) >= 11 is 6.15. The van der Waals surface area contributed by atoms with Gasteiger partial charge in [-0.15, -0.1) is 0 Å². The van der Waals surface area contributed by atoms with E-state index in [-0.39, 0.29) is 29.2 Å². The van der Waals surface area contributed by atoms with E-state index in [9.17, 15) is 9.59 Å². The third-order valence-corrected chi connectivity index (χ3v) is 6.09. The van der Waals surface area contributed by atoms with Gasteiger partial charge in [-0.2, -0.15) is 0 Å². The first-order valence-corrected chi connectivity index (χ1v) is 10.7. The predicted molar refractivity (Wildman–Crippen MR) is 125 cm³/mol. The van der Waals surface area contributed by atoms with Crippen LogP contribution >= 0.6 is 11.6 Å². The summed E-state index contributed by atoms with van der Waals surface area (Å²) in [5.41, 5.74) is 1.83. The van der Waals surface area contributed by atoms with Crippen molar-refractivity contribution in [2.24, 2.45) is 0 Å². The molecule has 1 atom stereocenters. The van der Waals surface area contributed by atoms with E-state index in [1.807, 2.05) is 30.3 Å². The van der Waals surface area contributed by atoms with Gasteiger partial charge in [0.2, 0.25) is 5.76 Å². The number of halogens is 1. The lowest BCUT2D eigenvalue weighted by Gasteiger charge is -2.26. The molecule has 0 N–H and O–H groups in total. The Kier molecular flexibility index (Phi) is 5.30. The van der Waals surface area contributed by atoms with Gasteiger partial charge >= 0.3 is 0 Å². The SMILES string of the molecule is COc1ccc(OC)c(C2c3c(oc4ccc(Cl)cc4c3=O)C(=O)N2Cc2ccccc2)c1. The third-order valence-electron chi connectivity index (χ3n) is 5.85. The molecule has 3 aromatic carbocycles. The maximum atomic E-state index is 13.7. The zero-order valence-electron chi connectivity index (χ0n) is 18.0. The molecule has 1 aromatic heterocycles. The third kappa shape index (κ3) is 3.52. The van der Waals surface area contributed by atoms with Crippen LogP contribution in [0.3, 0.4) is 0 Å². The van der Waals surface area contributed by atoms with Gasteiger partial charge in [-0.1, -0.05) is 41.9 Å². The lowest BCUT2D eigenvalue weighted by atomic mass is 9.97. The summed E-state index contributed by atoms with van der Waals surface area (Å²) in [6, 6.07) is 19.0. The van der Waals surface area contributed by atoms with E-state index in [2.05, 4.69) is 0 Å². The Hall–Kier alpha value is -3.77. The van der Waals surface area contributed by atoms with Gasteiger partial charge in [0.25, 0.3) is 5.91 Å². The van der Waals surface area contributed by atoms with Gasteiger partial charge in [0, 0.05) is 17.1 Å². The van der Waals surface area contributed by atoms with Crippen molar-refractivity contribution in [2.45, 2.75) is 12.6 Å². The highest BCUT2D eigenvalue weighted by atomic mass is 35.5. The average Bonchev–Trinajstić information content (AvgIpc) is 3.11. The highest BCUT2D eigenvalue weighted by Crippen LogP contribution is 2.43. The summed E-state index contributed by atoms with van der Waals surface area (Å²) < 4.78 is 17.0. The fourth-order valence-electron chi connectivity index (χ4n) is 4.31. The Morgan fingerprint density at radius 2 is 1.76 bits per heavy atom. The van der Waals surface area contributed by atoms with Crippen LogP contribution < -0.4 is 14.9 Å². The Morgan fingerprint density at radius 1 is 0.970 bits per heavy atom. The molecule has 4 aromatic rings. The van der Waals surface area contributed by atoms with E-state index < -0.39 is 6.04 Å². The summed E-state index contributed by atoms with van der Waals surface area (Å²) in [6.45, 7) is 0.283. The number of carbonyl (C=O) groups is 1. The quantitative estimate of drug-likeness (QED) is 0.408. The van der Waals surface area contributed by atoms with Crippen LogP contribution in [-0.2, 0) is 6.54 Å². The molecule has 1 amide bonds. The molecule has 0 fully saturated rings. The molecular weight excluding hydrogens is 442 g/mol. The fourth-order valence-corrected chi connectivity index (χ4v) is 4.48. The first-order chi connectivity index (χ1) is 16.0. The van der Waals surface area contributed by atoms with Crippen molar-refractivity contribution in [3.8, 4) is 11.5 Å². The van der Waals surface area contributed by atoms with Crippen LogP contribution in [0.1, 0.15) is 33.3 Å². The van der Waals surface area contributed by atoms with Crippen LogP contribution in [-0.4, -0.2) is 25.0 Å². The van der Waals surface area contributed by atoms with Crippen LogP contribution in [0.15, 0.2) is 75.9 Å². The van der Waals surface area contributed by atoms with E-state index in [0.29, 0.717) is 33.1 Å². The largest absolute Gasteiger partial charge is 0.497 e. The van der Waals surface area contributed by atoms with Crippen molar-refractivity contribution < 1.29 is 18.7 Å². The summed E-state index contributed by atoms with van der Waals surface area (Å²) in [7, 11) is 3.11. The number of carbonyl (C=O) groups excluding carboxylic acids is 1. The Bertz CT molecular complexity index is 1430. The number of fused-ring (bicyclic) bond motifs is 2. The lowest BCUT2D eigenvalue weighted by molar-refractivity contribution is 0.0712. The molecule has 0 spiro atoms. The summed E-state index contributed by atoms with van der Waals surface area (Å²) in [4.78, 5) is 28.9. The number of amides is 1. The van der Waals surface area contributed by atoms with E-state index >= 15 is 0 Å². The average molecular weight is 462 g/mol. The highest BCUT2D eigenvalue weighted by molar-refractivity contribution is 6.31. The number of benzene rings is 3. The number of ether oxygens (including phenoxy) is 2. The van der Waals surface area contributed by atoms with Crippen LogP contribution in [0.25, 0.3) is 11.0 Å². The molecule has 1 aliphatic heterocycles. The zero-order valence-corrected chi connectivity index (χ0v) is 18.8. The van der Waals surface area contributed by atoms with Crippen molar-refractivity contribution in [3.05, 3.63) is 104 Å². The van der Waals surface area contributed by atoms with Gasteiger partial charge in [-0.3, -0.25) is 9.59 Å². The van der Waals surface area contributed by atoms with Crippen molar-refractivity contribution in [3.63, 3.8) is 0 Å². The summed E-state index contributed by atoms with van der Waals surface area (Å²) in [5.74, 6) is 0.781. The molecule has 0 aliphatic carbocycles. The Balaban J connectivity index is 1.79. The molecule has 1 unspecified atom stereocenters. The summed E-state index contributed by atoms with van der Waals surface area (Å²) in [5, 5.41) is 0.734. The van der Waals surface area contributed by atoms with Gasteiger partial charge in [-0.05, 0) is 42.0 Å². The van der Waals surface area contributed by atoms with Crippen molar-refractivity contribution in [2.75, 3.05) is 14.2 Å². The second-order valence-corrected chi connectivity index (χ2v) is 8.18. The Labute approximate surface area is 194 Å². The molecule has 33 heavy (non-hydrogen) atoms. The van der Waals surface area contributed by atoms with Gasteiger partial charge in [0.15, 0.2) is 5.43 Å². The van der Waals surface area contributed by atoms with Crippen molar-refractivity contribution in [1.82, 2.24) is 4.90 Å². The number of nitrogens with zero attached hydrogens (tertiary/aromatic N) is 1. The molecular formula is C26H20ClNO5. The molecule has 0 saturated carbocycles. The minimum Gasteiger partial charge on any atom is -0.497 e. The first-order valence-electron chi connectivity index (χ1n) is 10.3. The van der Waals surface area contributed by atoms with Crippen molar-refractivity contribution >= 4 is 28.5 Å². The van der Waals surface area contributed by atoms with Gasteiger partial charge in [-0.25, -0.2) is 0 Å². The monoisotopic (exact) mass is 461 g/mol. The van der Waals surface area contributed by atoms with E-state index in [1.165, 1.54) is 0 Å². The molecule has 2 heterocycles. The van der Waals surface area contributed by atoms with Crippen molar-refractivity contribution in [1.29, 1.82) is 0 Å². The fraction of sp³-hybridized carbons (Fsp3) is 0.154. The van der Waals surface area contributed by atoms with Crippen LogP contribution in [0.4, 0.5) is 0 Å². The standard InChI is InChI=1S/C26H20ClNO5/c1-31-17-9-11-20(32-2)18(13-17)23-22-24(29)19-12-16(27)8-10-21(19)33-25(22)26(30)28(23)14-15-6-4-3-5-7-15/h3-13,23H,14H2,1-2H3. The van der Waals surface area contributed by atoms with Gasteiger partial charge in [0.05, 0.1) is 31.2 Å². The maximum absolute atomic E-state index is 13.7. The van der Waals surface area contributed by atoms with Gasteiger partial charge in [0.1, 0.15) is 17.1 Å².